The van der Waals surface area contributed by atoms with Crippen LogP contribution in [0.15, 0.2) is 0 Å². The van der Waals surface area contributed by atoms with Crippen LogP contribution in [-0.4, -0.2) is 13.1 Å². The van der Waals surface area contributed by atoms with Crippen LogP contribution < -0.4 is 5.06 Å². The molecule has 1 rings (SSSR count). The van der Waals surface area contributed by atoms with Crippen molar-refractivity contribution in [3.8, 4) is 0 Å². The Labute approximate surface area is 50.1 Å². The van der Waals surface area contributed by atoms with Gasteiger partial charge in [0, 0.05) is 11.8 Å². The molecule has 1 N–H and O–H groups in total. The van der Waals surface area contributed by atoms with E-state index in [-0.39, 0.29) is 0 Å². The summed E-state index contributed by atoms with van der Waals surface area (Å²) in [5.41, 5.74) is 0. The number of quaternary nitrogens is 1. The molecule has 0 bridgehead atoms. The predicted octanol–water partition coefficient (Wildman–Crippen LogP) is -0.345. The molecular weight excluding hydrogens is 102 g/mol. The predicted molar refractivity (Wildman–Crippen MR) is 32.4 cm³/mol. The summed E-state index contributed by atoms with van der Waals surface area (Å²) in [6.07, 6.45) is 0. The first-order valence-corrected chi connectivity index (χ1v) is 3.22. The molecule has 1 heterocycles. The summed E-state index contributed by atoms with van der Waals surface area (Å²) in [5, 5.41) is 11.1. The zero-order valence-corrected chi connectivity index (χ0v) is 5.48. The van der Waals surface area contributed by atoms with Gasteiger partial charge in [-0.15, -0.1) is 0 Å². The third-order valence-electron chi connectivity index (χ3n) is 2.07. The maximum atomic E-state index is 10.7. The molecule has 2 atom stereocenters. The van der Waals surface area contributed by atoms with Gasteiger partial charge >= 0.3 is 0 Å². The Morgan fingerprint density at radius 1 is 1.25 bits per heavy atom. The monoisotopic (exact) mass is 115 g/mol. The van der Waals surface area contributed by atoms with Crippen LogP contribution in [0.2, 0.25) is 0 Å². The highest BCUT2D eigenvalue weighted by atomic mass is 16.5. The van der Waals surface area contributed by atoms with E-state index < -0.39 is 0 Å². The van der Waals surface area contributed by atoms with Gasteiger partial charge in [0.25, 0.3) is 0 Å². The van der Waals surface area contributed by atoms with E-state index in [1.54, 1.807) is 0 Å². The van der Waals surface area contributed by atoms with E-state index in [1.807, 2.05) is 0 Å². The van der Waals surface area contributed by atoms with Gasteiger partial charge in [-0.1, -0.05) is 13.8 Å². The van der Waals surface area contributed by atoms with Crippen LogP contribution in [0.5, 0.6) is 0 Å². The zero-order chi connectivity index (χ0) is 6.15. The van der Waals surface area contributed by atoms with Gasteiger partial charge in [0.1, 0.15) is 0 Å². The lowest BCUT2D eigenvalue weighted by Gasteiger charge is -2.13. The molecule has 0 aromatic carbocycles. The molecule has 2 heteroatoms. The molecule has 2 nitrogen and oxygen atoms in total. The van der Waals surface area contributed by atoms with Crippen molar-refractivity contribution in [3.63, 3.8) is 0 Å². The number of hydrogen-bond acceptors (Lipinski definition) is 1. The molecule has 0 aliphatic carbocycles. The van der Waals surface area contributed by atoms with Crippen molar-refractivity contribution in [2.24, 2.45) is 11.8 Å². The number of hydroxylamine groups is 2. The summed E-state index contributed by atoms with van der Waals surface area (Å²) < 4.78 is 0. The van der Waals surface area contributed by atoms with Crippen molar-refractivity contribution in [1.82, 2.24) is 0 Å². The first-order valence-electron chi connectivity index (χ1n) is 3.22. The minimum atomic E-state index is 0.449. The largest absolute Gasteiger partial charge is 0.634 e. The molecule has 0 radical (unpaired) electrons. The summed E-state index contributed by atoms with van der Waals surface area (Å²) in [6.45, 7) is 5.94. The van der Waals surface area contributed by atoms with Crippen molar-refractivity contribution in [2.45, 2.75) is 13.8 Å². The van der Waals surface area contributed by atoms with Crippen LogP contribution in [0.4, 0.5) is 0 Å². The third kappa shape index (κ3) is 1.01. The summed E-state index contributed by atoms with van der Waals surface area (Å²) in [4.78, 5) is 0. The average molecular weight is 115 g/mol. The smallest absolute Gasteiger partial charge is 0.0799 e. The SMILES string of the molecule is CC1C[NH+]([O-])CC1C. The van der Waals surface area contributed by atoms with Crippen LogP contribution in [0.1, 0.15) is 13.8 Å². The van der Waals surface area contributed by atoms with Crippen molar-refractivity contribution in [2.75, 3.05) is 13.1 Å². The molecular formula is C6H13NO. The van der Waals surface area contributed by atoms with Gasteiger partial charge in [-0.3, -0.25) is 0 Å². The van der Waals surface area contributed by atoms with Gasteiger partial charge in [0.05, 0.1) is 13.1 Å². The minimum absolute atomic E-state index is 0.449. The van der Waals surface area contributed by atoms with Gasteiger partial charge in [0.15, 0.2) is 0 Å². The number of hydrogen-bond donors (Lipinski definition) is 1. The molecule has 48 valence electrons. The molecule has 0 saturated carbocycles. The summed E-state index contributed by atoms with van der Waals surface area (Å²) >= 11 is 0. The van der Waals surface area contributed by atoms with E-state index in [0.717, 1.165) is 13.1 Å². The highest BCUT2D eigenvalue weighted by Gasteiger charge is 2.24. The van der Waals surface area contributed by atoms with Crippen LogP contribution in [0, 0.1) is 17.0 Å². The number of nitrogens with one attached hydrogen (secondary N) is 1. The molecule has 2 unspecified atom stereocenters. The summed E-state index contributed by atoms with van der Waals surface area (Å²) in [6, 6.07) is 0. The fourth-order valence-electron chi connectivity index (χ4n) is 1.20. The average Bonchev–Trinajstić information content (AvgIpc) is 1.85. The van der Waals surface area contributed by atoms with E-state index in [2.05, 4.69) is 13.8 Å². The maximum absolute atomic E-state index is 10.7. The standard InChI is InChI=1S/C6H13NO/c1-5-3-7(8)4-6(5)2/h5-7H,3-4H2,1-2H3. The second-order valence-corrected chi connectivity index (χ2v) is 2.90. The van der Waals surface area contributed by atoms with E-state index in [0.29, 0.717) is 16.9 Å². The lowest BCUT2D eigenvalue weighted by Crippen LogP contribution is -3.05. The zero-order valence-electron chi connectivity index (χ0n) is 5.48. The van der Waals surface area contributed by atoms with Gasteiger partial charge in [-0.2, -0.15) is 0 Å². The Hall–Kier alpha value is -0.0800. The van der Waals surface area contributed by atoms with Crippen LogP contribution in [-0.2, 0) is 0 Å². The van der Waals surface area contributed by atoms with E-state index >= 15 is 0 Å². The fourth-order valence-corrected chi connectivity index (χ4v) is 1.20. The molecule has 1 aliphatic rings. The van der Waals surface area contributed by atoms with Crippen LogP contribution >= 0.6 is 0 Å². The Bertz CT molecular complexity index is 74.6. The first-order chi connectivity index (χ1) is 3.70. The molecule has 8 heavy (non-hydrogen) atoms. The Morgan fingerprint density at radius 2 is 1.62 bits per heavy atom. The second-order valence-electron chi connectivity index (χ2n) is 2.90. The molecule has 0 spiro atoms. The van der Waals surface area contributed by atoms with Gasteiger partial charge in [-0.25, -0.2) is 0 Å². The highest BCUT2D eigenvalue weighted by Crippen LogP contribution is 2.09. The van der Waals surface area contributed by atoms with Gasteiger partial charge in [-0.05, 0) is 0 Å². The Balaban J connectivity index is 2.39. The first kappa shape index (κ1) is 6.05. The molecule has 1 aliphatic heterocycles. The Morgan fingerprint density at radius 3 is 1.75 bits per heavy atom. The Kier molecular flexibility index (Phi) is 1.54. The normalized spacial score (nSPS) is 47.6. The second kappa shape index (κ2) is 2.03. The highest BCUT2D eigenvalue weighted by molar-refractivity contribution is 4.64. The van der Waals surface area contributed by atoms with Gasteiger partial charge in [0.2, 0.25) is 0 Å². The number of rotatable bonds is 0. The lowest BCUT2D eigenvalue weighted by atomic mass is 10.0. The third-order valence-corrected chi connectivity index (χ3v) is 2.07. The van der Waals surface area contributed by atoms with Crippen molar-refractivity contribution in [1.29, 1.82) is 0 Å². The van der Waals surface area contributed by atoms with Crippen molar-refractivity contribution >= 4 is 0 Å². The molecule has 1 saturated heterocycles. The van der Waals surface area contributed by atoms with Crippen LogP contribution in [0.25, 0.3) is 0 Å². The van der Waals surface area contributed by atoms with E-state index in [4.69, 9.17) is 0 Å². The van der Waals surface area contributed by atoms with Crippen molar-refractivity contribution in [3.05, 3.63) is 5.21 Å². The van der Waals surface area contributed by atoms with Crippen LogP contribution in [0.3, 0.4) is 0 Å². The van der Waals surface area contributed by atoms with Gasteiger partial charge < -0.3 is 10.3 Å². The van der Waals surface area contributed by atoms with E-state index in [1.165, 1.54) is 0 Å². The topological polar surface area (TPSA) is 27.5 Å². The quantitative estimate of drug-likeness (QED) is 0.429. The fraction of sp³-hybridized carbons (Fsp3) is 1.00. The lowest BCUT2D eigenvalue weighted by molar-refractivity contribution is -0.837. The minimum Gasteiger partial charge on any atom is -0.634 e. The molecule has 0 amide bonds. The summed E-state index contributed by atoms with van der Waals surface area (Å²) in [7, 11) is 0. The van der Waals surface area contributed by atoms with E-state index in [9.17, 15) is 5.21 Å². The summed E-state index contributed by atoms with van der Waals surface area (Å²) in [5.74, 6) is 1.28. The van der Waals surface area contributed by atoms with Crippen molar-refractivity contribution < 1.29 is 5.06 Å². The molecule has 1 fully saturated rings. The molecule has 0 aromatic heterocycles. The maximum Gasteiger partial charge on any atom is 0.0799 e. The molecule has 0 aromatic rings.